The van der Waals surface area contributed by atoms with E-state index in [1.54, 1.807) is 32.2 Å². The maximum Gasteiger partial charge on any atom is 0.300 e. The lowest BCUT2D eigenvalue weighted by Crippen LogP contribution is -2.29. The average molecular weight is 525 g/mol. The number of amides is 2. The van der Waals surface area contributed by atoms with E-state index in [0.717, 1.165) is 11.1 Å². The molecule has 0 unspecified atom stereocenters. The van der Waals surface area contributed by atoms with Gasteiger partial charge in [-0.1, -0.05) is 54.2 Å². The zero-order valence-corrected chi connectivity index (χ0v) is 22.0. The van der Waals surface area contributed by atoms with Crippen LogP contribution in [0.2, 0.25) is 10.0 Å². The van der Waals surface area contributed by atoms with Gasteiger partial charge < -0.3 is 10.1 Å². The molecule has 0 spiro atoms. The first-order chi connectivity index (χ1) is 17.3. The van der Waals surface area contributed by atoms with Gasteiger partial charge in [0, 0.05) is 35.8 Å². The molecule has 9 heteroatoms. The smallest absolute Gasteiger partial charge is 0.300 e. The molecule has 3 rings (SSSR count). The lowest BCUT2D eigenvalue weighted by molar-refractivity contribution is -0.117. The zero-order valence-electron chi connectivity index (χ0n) is 20.5. The number of benzene rings is 2. The molecule has 0 aliphatic rings. The van der Waals surface area contributed by atoms with E-state index in [2.05, 4.69) is 27.1 Å². The molecule has 36 heavy (non-hydrogen) atoms. The van der Waals surface area contributed by atoms with E-state index in [9.17, 15) is 9.59 Å². The van der Waals surface area contributed by atoms with Crippen LogP contribution in [0.5, 0.6) is 5.75 Å². The second-order valence-corrected chi connectivity index (χ2v) is 8.61. The summed E-state index contributed by atoms with van der Waals surface area (Å²) in [5.74, 6) is 5.31. The van der Waals surface area contributed by atoms with Gasteiger partial charge in [-0.3, -0.25) is 14.5 Å². The molecule has 0 aliphatic carbocycles. The van der Waals surface area contributed by atoms with Crippen LogP contribution in [0, 0.1) is 11.8 Å². The minimum absolute atomic E-state index is 0.0228. The summed E-state index contributed by atoms with van der Waals surface area (Å²) in [6.07, 6.45) is 2.47. The van der Waals surface area contributed by atoms with Crippen LogP contribution in [0.25, 0.3) is 0 Å². The number of carbonyl (C=O) groups excluding carboxylic acids is 2. The fourth-order valence-corrected chi connectivity index (χ4v) is 4.30. The van der Waals surface area contributed by atoms with Gasteiger partial charge in [-0.2, -0.15) is 0 Å². The van der Waals surface area contributed by atoms with Crippen LogP contribution in [-0.2, 0) is 28.9 Å². The van der Waals surface area contributed by atoms with Crippen molar-refractivity contribution in [3.63, 3.8) is 0 Å². The minimum Gasteiger partial charge on any atom is -0.495 e. The Morgan fingerprint density at radius 2 is 1.86 bits per heavy atom. The topological polar surface area (TPSA) is 84.4 Å². The molecule has 0 saturated carbocycles. The van der Waals surface area contributed by atoms with Crippen LogP contribution < -0.4 is 15.0 Å². The summed E-state index contributed by atoms with van der Waals surface area (Å²) < 4.78 is 5.36. The van der Waals surface area contributed by atoms with E-state index < -0.39 is 0 Å². The number of halogens is 2. The molecule has 186 valence electrons. The highest BCUT2D eigenvalue weighted by atomic mass is 35.5. The van der Waals surface area contributed by atoms with Crippen molar-refractivity contribution in [3.8, 4) is 17.6 Å². The third-order valence-corrected chi connectivity index (χ3v) is 6.45. The minimum atomic E-state index is -0.389. The summed E-state index contributed by atoms with van der Waals surface area (Å²) in [6.45, 7) is 3.57. The second-order valence-electron chi connectivity index (χ2n) is 7.86. The van der Waals surface area contributed by atoms with Gasteiger partial charge in [0.25, 0.3) is 5.91 Å². The Balaban J connectivity index is 1.82. The number of para-hydroxylation sites is 1. The first-order valence-electron chi connectivity index (χ1n) is 11.2. The number of carbonyl (C=O) groups is 2. The van der Waals surface area contributed by atoms with E-state index in [-0.39, 0.29) is 18.2 Å². The van der Waals surface area contributed by atoms with Crippen molar-refractivity contribution in [1.82, 2.24) is 9.97 Å². The first-order valence-corrected chi connectivity index (χ1v) is 12.0. The number of likely N-dealkylation sites (N-methyl/N-ethyl adjacent to an activating group) is 1. The normalized spacial score (nSPS) is 10.3. The van der Waals surface area contributed by atoms with Crippen molar-refractivity contribution in [2.45, 2.75) is 33.1 Å². The van der Waals surface area contributed by atoms with Gasteiger partial charge in [-0.25, -0.2) is 9.97 Å². The zero-order chi connectivity index (χ0) is 26.2. The van der Waals surface area contributed by atoms with E-state index in [4.69, 9.17) is 27.9 Å². The van der Waals surface area contributed by atoms with Crippen LogP contribution >= 0.6 is 23.2 Å². The Hall–Kier alpha value is -3.60. The maximum atomic E-state index is 13.2. The van der Waals surface area contributed by atoms with Crippen molar-refractivity contribution in [2.24, 2.45) is 0 Å². The number of methoxy groups -OCH3 is 1. The predicted molar refractivity (Wildman–Crippen MR) is 143 cm³/mol. The molecule has 3 aromatic rings. The summed E-state index contributed by atoms with van der Waals surface area (Å²) in [5.41, 5.74) is 3.53. The number of hydrogen-bond donors (Lipinski definition) is 1. The van der Waals surface area contributed by atoms with E-state index in [1.807, 2.05) is 25.1 Å². The largest absolute Gasteiger partial charge is 0.495 e. The summed E-state index contributed by atoms with van der Waals surface area (Å²) in [6, 6.07) is 10.9. The molecule has 2 aromatic carbocycles. The Morgan fingerprint density at radius 3 is 2.56 bits per heavy atom. The van der Waals surface area contributed by atoms with Crippen molar-refractivity contribution in [1.29, 1.82) is 0 Å². The van der Waals surface area contributed by atoms with Gasteiger partial charge in [0.2, 0.25) is 5.91 Å². The molecule has 0 saturated heterocycles. The molecule has 0 atom stereocenters. The number of aryl methyl sites for hydroxylation is 1. The Labute approximate surface area is 220 Å². The van der Waals surface area contributed by atoms with Gasteiger partial charge in [-0.15, -0.1) is 0 Å². The number of ether oxygens (including phenoxy) is 1. The lowest BCUT2D eigenvalue weighted by Gasteiger charge is -2.19. The lowest BCUT2D eigenvalue weighted by atomic mass is 10.0. The van der Waals surface area contributed by atoms with Crippen molar-refractivity contribution in [3.05, 3.63) is 75.2 Å². The number of aromatic nitrogens is 2. The summed E-state index contributed by atoms with van der Waals surface area (Å²) >= 11 is 13.0. The van der Waals surface area contributed by atoms with Crippen LogP contribution in [0.4, 0.5) is 11.5 Å². The number of hydrogen-bond acceptors (Lipinski definition) is 5. The molecule has 1 heterocycles. The van der Waals surface area contributed by atoms with Crippen LogP contribution in [0.1, 0.15) is 36.2 Å². The van der Waals surface area contributed by atoms with Gasteiger partial charge >= 0.3 is 0 Å². The quantitative estimate of drug-likeness (QED) is 0.413. The number of anilines is 2. The molecular formula is C27H26Cl2N4O3. The molecule has 1 aromatic heterocycles. The third kappa shape index (κ3) is 6.34. The van der Waals surface area contributed by atoms with E-state index in [1.165, 1.54) is 18.3 Å². The highest BCUT2D eigenvalue weighted by molar-refractivity contribution is 6.37. The summed E-state index contributed by atoms with van der Waals surface area (Å²) in [7, 11) is 3.16. The molecular weight excluding hydrogens is 499 g/mol. The number of rotatable bonds is 8. The monoisotopic (exact) mass is 524 g/mol. The van der Waals surface area contributed by atoms with Gasteiger partial charge in [0.1, 0.15) is 17.9 Å². The highest BCUT2D eigenvalue weighted by Gasteiger charge is 2.21. The molecule has 0 radical (unpaired) electrons. The Morgan fingerprint density at radius 1 is 1.11 bits per heavy atom. The van der Waals surface area contributed by atoms with Crippen molar-refractivity contribution < 1.29 is 14.3 Å². The van der Waals surface area contributed by atoms with E-state index in [0.29, 0.717) is 51.4 Å². The number of nitrogens with zero attached hydrogens (tertiary/aromatic N) is 3. The standard InChI is InChI=1S/C27H26Cl2N4O3/c1-5-9-24(34)32-21-11-8-7-10-18(21)12-19-14-23(31-16-30-19)33(3)25(35)15-20-26(28)17(6-2)13-22(36-4)27(20)29/h7-8,10-11,13-14,16H,6,12,15H2,1-4H3,(H,32,34). The first kappa shape index (κ1) is 27.0. The van der Waals surface area contributed by atoms with Gasteiger partial charge in [0.05, 0.1) is 24.2 Å². The highest BCUT2D eigenvalue weighted by Crippen LogP contribution is 2.37. The summed E-state index contributed by atoms with van der Waals surface area (Å²) in [5, 5.41) is 3.56. The van der Waals surface area contributed by atoms with Crippen molar-refractivity contribution >= 4 is 46.5 Å². The Kier molecular flexibility index (Phi) is 9.29. The predicted octanol–water partition coefficient (Wildman–Crippen LogP) is 5.11. The van der Waals surface area contributed by atoms with Gasteiger partial charge in [-0.05, 0) is 42.5 Å². The SMILES string of the molecule is CC#CC(=O)Nc1ccccc1Cc1cc(N(C)C(=O)Cc2c(Cl)c(CC)cc(OC)c2Cl)ncn1. The van der Waals surface area contributed by atoms with Gasteiger partial charge in [0.15, 0.2) is 0 Å². The number of nitrogens with one attached hydrogen (secondary N) is 1. The van der Waals surface area contributed by atoms with Crippen LogP contribution in [0.3, 0.4) is 0 Å². The fourth-order valence-electron chi connectivity index (χ4n) is 3.61. The van der Waals surface area contributed by atoms with E-state index >= 15 is 0 Å². The fraction of sp³-hybridized carbons (Fsp3) is 0.259. The molecule has 2 amide bonds. The van der Waals surface area contributed by atoms with Crippen LogP contribution in [-0.4, -0.2) is 35.9 Å². The average Bonchev–Trinajstić information content (AvgIpc) is 2.87. The second kappa shape index (κ2) is 12.4. The molecule has 0 bridgehead atoms. The van der Waals surface area contributed by atoms with Crippen LogP contribution in [0.15, 0.2) is 42.7 Å². The molecule has 7 nitrogen and oxygen atoms in total. The molecule has 1 N–H and O–H groups in total. The van der Waals surface area contributed by atoms with Crippen molar-refractivity contribution in [2.75, 3.05) is 24.4 Å². The third-order valence-electron chi connectivity index (χ3n) is 5.56. The maximum absolute atomic E-state index is 13.2. The summed E-state index contributed by atoms with van der Waals surface area (Å²) in [4.78, 5) is 35.1. The Bertz CT molecular complexity index is 1320. The molecule has 0 fully saturated rings. The molecule has 0 aliphatic heterocycles.